The van der Waals surface area contributed by atoms with Crippen molar-refractivity contribution in [3.8, 4) is 11.5 Å². The van der Waals surface area contributed by atoms with Gasteiger partial charge in [-0.15, -0.1) is 0 Å². The molecule has 1 saturated heterocycles. The van der Waals surface area contributed by atoms with Crippen LogP contribution in [0.1, 0.15) is 33.6 Å². The third-order valence-electron chi connectivity index (χ3n) is 4.88. The smallest absolute Gasteiger partial charge is 0.461 e. The Morgan fingerprint density at radius 2 is 1.76 bits per heavy atom. The van der Waals surface area contributed by atoms with Gasteiger partial charge in [0, 0.05) is 25.0 Å². The summed E-state index contributed by atoms with van der Waals surface area (Å²) < 4.78 is 35.9. The third-order valence-corrected chi connectivity index (χ3v) is 6.49. The van der Waals surface area contributed by atoms with Gasteiger partial charge in [-0.05, 0) is 45.0 Å². The number of hydrogen-bond acceptors (Lipinski definition) is 8. The highest BCUT2D eigenvalue weighted by atomic mass is 31.2. The van der Waals surface area contributed by atoms with Crippen LogP contribution < -0.4 is 14.1 Å². The van der Waals surface area contributed by atoms with Crippen molar-refractivity contribution in [2.24, 2.45) is 0 Å². The highest BCUT2D eigenvalue weighted by molar-refractivity contribution is 7.52. The monoisotopic (exact) mass is 478 g/mol. The molecule has 1 heterocycles. The lowest BCUT2D eigenvalue weighted by molar-refractivity contribution is -0.384. The summed E-state index contributed by atoms with van der Waals surface area (Å²) in [6.07, 6.45) is 0.790. The molecule has 1 N–H and O–H groups in total. The summed E-state index contributed by atoms with van der Waals surface area (Å²) in [4.78, 5) is 23.0. The Morgan fingerprint density at radius 3 is 2.33 bits per heavy atom. The van der Waals surface area contributed by atoms with Crippen LogP contribution in [-0.2, 0) is 18.8 Å². The Kier molecular flexibility index (Phi) is 7.73. The number of carbonyl (C=O) groups excluding carboxylic acids is 1. The summed E-state index contributed by atoms with van der Waals surface area (Å²) in [5, 5.41) is 13.5. The second-order valence-electron chi connectivity index (χ2n) is 8.25. The van der Waals surface area contributed by atoms with E-state index in [1.165, 1.54) is 31.2 Å². The number of nitrogens with zero attached hydrogens (tertiary/aromatic N) is 1. The summed E-state index contributed by atoms with van der Waals surface area (Å²) in [7, 11) is -4.14. The highest BCUT2D eigenvalue weighted by Gasteiger charge is 2.36. The summed E-state index contributed by atoms with van der Waals surface area (Å²) >= 11 is 0. The van der Waals surface area contributed by atoms with E-state index >= 15 is 0 Å². The normalized spacial score (nSPS) is 20.2. The van der Waals surface area contributed by atoms with Gasteiger partial charge in [0.05, 0.1) is 17.1 Å². The van der Waals surface area contributed by atoms with Crippen molar-refractivity contribution < 1.29 is 32.8 Å². The van der Waals surface area contributed by atoms with Crippen LogP contribution in [0.3, 0.4) is 0 Å². The van der Waals surface area contributed by atoms with Crippen LogP contribution in [0.25, 0.3) is 0 Å². The lowest BCUT2D eigenvalue weighted by Crippen LogP contribution is -2.42. The number of benzene rings is 2. The summed E-state index contributed by atoms with van der Waals surface area (Å²) in [5.41, 5.74) is -0.546. The molecule has 0 radical (unpaired) electrons. The quantitative estimate of drug-likeness (QED) is 0.237. The van der Waals surface area contributed by atoms with Gasteiger partial charge < -0.3 is 18.5 Å². The minimum absolute atomic E-state index is 0.0686. The number of carbonyl (C=O) groups is 1. The standard InChI is InChI=1S/C22H27N2O8P/c1-16(21(25)30-20-13-14-29-22(2,3)15-20)23-33(28,31-18-7-5-4-6-8-18)32-19-11-9-17(10-12-19)24(26)27/h4-12,16,20H,13-15H2,1-3H3,(H,23,28). The molecular formula is C22H27N2O8P. The first-order chi connectivity index (χ1) is 15.6. The van der Waals surface area contributed by atoms with E-state index in [0.717, 1.165) is 0 Å². The average Bonchev–Trinajstić information content (AvgIpc) is 2.73. The third kappa shape index (κ3) is 7.28. The molecule has 2 aromatic rings. The van der Waals surface area contributed by atoms with E-state index in [9.17, 15) is 19.5 Å². The number of para-hydroxylation sites is 1. The fourth-order valence-corrected chi connectivity index (χ4v) is 4.81. The largest absolute Gasteiger partial charge is 0.513 e. The van der Waals surface area contributed by atoms with E-state index in [-0.39, 0.29) is 23.3 Å². The Balaban J connectivity index is 1.73. The molecule has 1 fully saturated rings. The maximum Gasteiger partial charge on any atom is 0.513 e. The van der Waals surface area contributed by atoms with Gasteiger partial charge in [-0.1, -0.05) is 18.2 Å². The Hall–Kier alpha value is -2.94. The van der Waals surface area contributed by atoms with Crippen LogP contribution in [0.2, 0.25) is 0 Å². The van der Waals surface area contributed by atoms with Crippen LogP contribution in [0, 0.1) is 10.1 Å². The molecule has 0 amide bonds. The molecule has 10 nitrogen and oxygen atoms in total. The minimum Gasteiger partial charge on any atom is -0.461 e. The number of nitro benzene ring substituents is 1. The number of ether oxygens (including phenoxy) is 2. The maximum atomic E-state index is 13.6. The molecule has 1 aliphatic heterocycles. The molecule has 1 aliphatic rings. The number of nitrogens with one attached hydrogen (secondary N) is 1. The van der Waals surface area contributed by atoms with E-state index in [2.05, 4.69) is 5.09 Å². The predicted molar refractivity (Wildman–Crippen MR) is 120 cm³/mol. The Morgan fingerprint density at radius 1 is 1.15 bits per heavy atom. The number of rotatable bonds is 9. The summed E-state index contributed by atoms with van der Waals surface area (Å²) in [5.74, 6) is -0.289. The minimum atomic E-state index is -4.14. The molecule has 178 valence electrons. The lowest BCUT2D eigenvalue weighted by Gasteiger charge is -2.35. The second kappa shape index (κ2) is 10.3. The summed E-state index contributed by atoms with van der Waals surface area (Å²) in [6, 6.07) is 12.3. The van der Waals surface area contributed by atoms with E-state index in [4.69, 9.17) is 18.5 Å². The van der Waals surface area contributed by atoms with E-state index in [1.807, 2.05) is 13.8 Å². The second-order valence-corrected chi connectivity index (χ2v) is 9.87. The van der Waals surface area contributed by atoms with Gasteiger partial charge in [-0.2, -0.15) is 5.09 Å². The first kappa shape index (κ1) is 24.7. The van der Waals surface area contributed by atoms with E-state index in [1.54, 1.807) is 30.3 Å². The van der Waals surface area contributed by atoms with Crippen molar-refractivity contribution in [2.75, 3.05) is 6.61 Å². The van der Waals surface area contributed by atoms with Gasteiger partial charge in [0.1, 0.15) is 23.6 Å². The molecule has 3 unspecified atom stereocenters. The first-order valence-electron chi connectivity index (χ1n) is 10.5. The zero-order valence-corrected chi connectivity index (χ0v) is 19.5. The van der Waals surface area contributed by atoms with Gasteiger partial charge in [0.25, 0.3) is 5.69 Å². The molecule has 11 heteroatoms. The molecular weight excluding hydrogens is 451 g/mol. The van der Waals surface area contributed by atoms with Crippen LogP contribution in [0.15, 0.2) is 54.6 Å². The SMILES string of the molecule is CC(NP(=O)(Oc1ccccc1)Oc1ccc([N+](=O)[O-])cc1)C(=O)OC1CCOC(C)(C)C1. The van der Waals surface area contributed by atoms with Crippen LogP contribution in [-0.4, -0.2) is 35.2 Å². The lowest BCUT2D eigenvalue weighted by atomic mass is 9.96. The number of nitro groups is 1. The molecule has 2 aromatic carbocycles. The van der Waals surface area contributed by atoms with Crippen molar-refractivity contribution >= 4 is 19.4 Å². The van der Waals surface area contributed by atoms with Gasteiger partial charge in [0.15, 0.2) is 0 Å². The number of esters is 1. The average molecular weight is 478 g/mol. The highest BCUT2D eigenvalue weighted by Crippen LogP contribution is 2.45. The van der Waals surface area contributed by atoms with E-state index < -0.39 is 30.3 Å². The molecule has 0 aliphatic carbocycles. The molecule has 3 atom stereocenters. The van der Waals surface area contributed by atoms with Crippen LogP contribution >= 0.6 is 7.75 Å². The van der Waals surface area contributed by atoms with Crippen LogP contribution in [0.5, 0.6) is 11.5 Å². The topological polar surface area (TPSA) is 126 Å². The zero-order chi connectivity index (χ0) is 24.1. The predicted octanol–water partition coefficient (Wildman–Crippen LogP) is 4.64. The molecule has 3 rings (SSSR count). The Bertz CT molecular complexity index is 1010. The first-order valence-corrected chi connectivity index (χ1v) is 12.0. The molecule has 0 saturated carbocycles. The maximum absolute atomic E-state index is 13.6. The summed E-state index contributed by atoms with van der Waals surface area (Å²) in [6.45, 7) is 5.82. The molecule has 0 bridgehead atoms. The van der Waals surface area contributed by atoms with Crippen molar-refractivity contribution in [3.63, 3.8) is 0 Å². The fourth-order valence-electron chi connectivity index (χ4n) is 3.29. The van der Waals surface area contributed by atoms with Gasteiger partial charge in [-0.3, -0.25) is 14.9 Å². The molecule has 0 spiro atoms. The van der Waals surface area contributed by atoms with Crippen LogP contribution in [0.4, 0.5) is 5.69 Å². The molecule has 33 heavy (non-hydrogen) atoms. The van der Waals surface area contributed by atoms with Gasteiger partial charge in [-0.25, -0.2) is 4.57 Å². The Labute approximate surface area is 191 Å². The van der Waals surface area contributed by atoms with E-state index in [0.29, 0.717) is 19.4 Å². The van der Waals surface area contributed by atoms with Crippen molar-refractivity contribution in [2.45, 2.75) is 51.4 Å². The fraction of sp³-hybridized carbons (Fsp3) is 0.409. The van der Waals surface area contributed by atoms with Gasteiger partial charge in [0.2, 0.25) is 0 Å². The zero-order valence-electron chi connectivity index (χ0n) is 18.6. The van der Waals surface area contributed by atoms with Crippen molar-refractivity contribution in [1.29, 1.82) is 0 Å². The van der Waals surface area contributed by atoms with Crippen molar-refractivity contribution in [1.82, 2.24) is 5.09 Å². The van der Waals surface area contributed by atoms with Gasteiger partial charge >= 0.3 is 13.7 Å². The van der Waals surface area contributed by atoms with Crippen molar-refractivity contribution in [3.05, 3.63) is 64.7 Å². The number of non-ortho nitro benzene ring substituents is 1. The number of hydrogen-bond donors (Lipinski definition) is 1. The molecule has 0 aromatic heterocycles.